The Morgan fingerprint density at radius 2 is 2.22 bits per heavy atom. The Hall–Kier alpha value is -2.68. The van der Waals surface area contributed by atoms with Crippen molar-refractivity contribution in [3.8, 4) is 5.75 Å². The molecule has 0 spiro atoms. The lowest BCUT2D eigenvalue weighted by molar-refractivity contribution is 0.109. The van der Waals surface area contributed by atoms with Gasteiger partial charge in [-0.3, -0.25) is 4.98 Å². The molecule has 1 saturated heterocycles. The summed E-state index contributed by atoms with van der Waals surface area (Å²) in [7, 11) is 1.65. The lowest BCUT2D eigenvalue weighted by atomic mass is 10.1. The summed E-state index contributed by atoms with van der Waals surface area (Å²) in [6, 6.07) is 3.42. The van der Waals surface area contributed by atoms with E-state index in [1.165, 1.54) is 0 Å². The van der Waals surface area contributed by atoms with Crippen LogP contribution in [0, 0.1) is 0 Å². The molecule has 3 rings (SSSR count). The zero-order chi connectivity index (χ0) is 19.1. The molecule has 9 nitrogen and oxygen atoms in total. The fourth-order valence-electron chi connectivity index (χ4n) is 3.09. The number of pyridine rings is 1. The molecule has 0 saturated carbocycles. The van der Waals surface area contributed by atoms with Crippen LogP contribution in [0.5, 0.6) is 5.75 Å². The van der Waals surface area contributed by atoms with E-state index in [1.54, 1.807) is 25.8 Å². The molecular weight excluding hydrogens is 348 g/mol. The predicted molar refractivity (Wildman–Crippen MR) is 98.3 cm³/mol. The number of carbonyl (C=O) groups is 1. The monoisotopic (exact) mass is 374 g/mol. The first-order valence-electron chi connectivity index (χ1n) is 9.16. The van der Waals surface area contributed by atoms with Crippen LogP contribution in [0.2, 0.25) is 0 Å². The number of piperidine rings is 1. The number of amides is 2. The number of carbonyl (C=O) groups excluding carboxylic acids is 1. The van der Waals surface area contributed by atoms with Gasteiger partial charge in [-0.15, -0.1) is 10.2 Å². The highest BCUT2D eigenvalue weighted by Crippen LogP contribution is 2.18. The van der Waals surface area contributed by atoms with Gasteiger partial charge >= 0.3 is 6.03 Å². The van der Waals surface area contributed by atoms with Gasteiger partial charge in [-0.2, -0.15) is 0 Å². The highest BCUT2D eigenvalue weighted by molar-refractivity contribution is 5.74. The molecule has 1 aliphatic heterocycles. The van der Waals surface area contributed by atoms with E-state index in [9.17, 15) is 4.79 Å². The van der Waals surface area contributed by atoms with E-state index in [0.29, 0.717) is 26.2 Å². The van der Waals surface area contributed by atoms with Gasteiger partial charge in [0.2, 0.25) is 0 Å². The number of ether oxygens (including phenoxy) is 2. The van der Waals surface area contributed by atoms with Crippen LogP contribution in [0.3, 0.4) is 0 Å². The molecule has 3 heterocycles. The van der Waals surface area contributed by atoms with Crippen molar-refractivity contribution in [1.29, 1.82) is 0 Å². The Morgan fingerprint density at radius 1 is 1.41 bits per heavy atom. The summed E-state index contributed by atoms with van der Waals surface area (Å²) in [5.74, 6) is 1.49. The van der Waals surface area contributed by atoms with E-state index in [-0.39, 0.29) is 18.2 Å². The van der Waals surface area contributed by atoms with Crippen molar-refractivity contribution in [3.63, 3.8) is 0 Å². The van der Waals surface area contributed by atoms with Gasteiger partial charge in [0.25, 0.3) is 0 Å². The van der Waals surface area contributed by atoms with E-state index in [0.717, 1.165) is 24.4 Å². The fourth-order valence-corrected chi connectivity index (χ4v) is 3.09. The van der Waals surface area contributed by atoms with Crippen molar-refractivity contribution in [1.82, 2.24) is 30.0 Å². The maximum Gasteiger partial charge on any atom is 0.317 e. The van der Waals surface area contributed by atoms with Crippen molar-refractivity contribution in [3.05, 3.63) is 36.7 Å². The summed E-state index contributed by atoms with van der Waals surface area (Å²) in [6.07, 6.45) is 6.77. The molecule has 1 atom stereocenters. The Kier molecular flexibility index (Phi) is 6.59. The number of nitrogens with one attached hydrogen (secondary N) is 1. The number of likely N-dealkylation sites (tertiary alicyclic amines) is 1. The molecule has 1 N–H and O–H groups in total. The maximum absolute atomic E-state index is 12.6. The minimum atomic E-state index is -0.235. The summed E-state index contributed by atoms with van der Waals surface area (Å²) in [5.41, 5.74) is 0. The van der Waals surface area contributed by atoms with E-state index < -0.39 is 0 Å². The third-order valence-electron chi connectivity index (χ3n) is 4.58. The van der Waals surface area contributed by atoms with E-state index in [2.05, 4.69) is 20.5 Å². The van der Waals surface area contributed by atoms with Crippen LogP contribution in [0.1, 0.15) is 31.6 Å². The largest absolute Gasteiger partial charge is 0.489 e. The van der Waals surface area contributed by atoms with Crippen molar-refractivity contribution in [2.24, 2.45) is 0 Å². The highest BCUT2D eigenvalue weighted by Gasteiger charge is 2.25. The number of methoxy groups -OCH3 is 1. The van der Waals surface area contributed by atoms with Gasteiger partial charge in [-0.05, 0) is 19.1 Å². The molecule has 146 valence electrons. The van der Waals surface area contributed by atoms with Gasteiger partial charge < -0.3 is 24.3 Å². The normalized spacial score (nSPS) is 16.1. The topological polar surface area (TPSA) is 94.4 Å². The first-order chi connectivity index (χ1) is 13.2. The molecule has 2 aromatic rings. The number of hydrogen-bond donors (Lipinski definition) is 1. The minimum Gasteiger partial charge on any atom is -0.489 e. The zero-order valence-electron chi connectivity index (χ0n) is 15.7. The summed E-state index contributed by atoms with van der Waals surface area (Å²) in [4.78, 5) is 18.4. The summed E-state index contributed by atoms with van der Waals surface area (Å²) >= 11 is 0. The zero-order valence-corrected chi connectivity index (χ0v) is 15.7. The molecule has 2 amide bonds. The molecule has 0 bridgehead atoms. The highest BCUT2D eigenvalue weighted by atomic mass is 16.5. The summed E-state index contributed by atoms with van der Waals surface area (Å²) in [5, 5.41) is 11.1. The second-order valence-electron chi connectivity index (χ2n) is 6.54. The molecule has 1 aliphatic rings. The molecule has 1 fully saturated rings. The lowest BCUT2D eigenvalue weighted by Crippen LogP contribution is -2.47. The Labute approximate surface area is 158 Å². The van der Waals surface area contributed by atoms with Gasteiger partial charge in [0.1, 0.15) is 18.2 Å². The van der Waals surface area contributed by atoms with E-state index in [4.69, 9.17) is 9.47 Å². The first kappa shape index (κ1) is 19.1. The van der Waals surface area contributed by atoms with Crippen LogP contribution in [-0.4, -0.2) is 63.6 Å². The standard InChI is InChI=1S/C18H26N6O3/c1-14(17-22-20-13-24(17)10-11-26-2)21-18(25)23-8-5-15(6-9-23)27-16-4-3-7-19-12-16/h3-4,7,12-15H,5-6,8-11H2,1-2H3,(H,21,25). The average molecular weight is 374 g/mol. The third kappa shape index (κ3) is 5.16. The van der Waals surface area contributed by atoms with Gasteiger partial charge in [-0.1, -0.05) is 0 Å². The number of rotatable bonds is 7. The predicted octanol–water partition coefficient (Wildman–Crippen LogP) is 1.63. The summed E-state index contributed by atoms with van der Waals surface area (Å²) < 4.78 is 12.9. The minimum absolute atomic E-state index is 0.0939. The maximum atomic E-state index is 12.6. The third-order valence-corrected chi connectivity index (χ3v) is 4.58. The molecule has 1 unspecified atom stereocenters. The van der Waals surface area contributed by atoms with Gasteiger partial charge in [-0.25, -0.2) is 4.79 Å². The van der Waals surface area contributed by atoms with Crippen molar-refractivity contribution in [2.75, 3.05) is 26.8 Å². The Morgan fingerprint density at radius 3 is 2.93 bits per heavy atom. The quantitative estimate of drug-likeness (QED) is 0.792. The average Bonchev–Trinajstić information content (AvgIpc) is 3.16. The number of urea groups is 1. The van der Waals surface area contributed by atoms with Crippen molar-refractivity contribution >= 4 is 6.03 Å². The van der Waals surface area contributed by atoms with Crippen LogP contribution in [0.25, 0.3) is 0 Å². The number of hydrogen-bond acceptors (Lipinski definition) is 6. The lowest BCUT2D eigenvalue weighted by Gasteiger charge is -2.32. The van der Waals surface area contributed by atoms with Gasteiger partial charge in [0.05, 0.1) is 18.8 Å². The fraction of sp³-hybridized carbons (Fsp3) is 0.556. The molecule has 9 heteroatoms. The molecule has 2 aromatic heterocycles. The summed E-state index contributed by atoms with van der Waals surface area (Å²) in [6.45, 7) is 4.43. The van der Waals surface area contributed by atoms with Crippen LogP contribution < -0.4 is 10.1 Å². The SMILES string of the molecule is COCCn1cnnc1C(C)NC(=O)N1CCC(Oc2cccnc2)CC1. The second-order valence-corrected chi connectivity index (χ2v) is 6.54. The number of aromatic nitrogens is 4. The molecule has 0 radical (unpaired) electrons. The van der Waals surface area contributed by atoms with E-state index >= 15 is 0 Å². The second kappa shape index (κ2) is 9.31. The molecule has 0 aliphatic carbocycles. The smallest absolute Gasteiger partial charge is 0.317 e. The van der Waals surface area contributed by atoms with Gasteiger partial charge in [0, 0.05) is 45.8 Å². The molecule has 27 heavy (non-hydrogen) atoms. The van der Waals surface area contributed by atoms with Crippen LogP contribution >= 0.6 is 0 Å². The molecule has 0 aromatic carbocycles. The van der Waals surface area contributed by atoms with Crippen molar-refractivity contribution in [2.45, 2.75) is 38.5 Å². The molecular formula is C18H26N6O3. The van der Waals surface area contributed by atoms with Gasteiger partial charge in [0.15, 0.2) is 5.82 Å². The Balaban J connectivity index is 1.47. The van der Waals surface area contributed by atoms with Crippen molar-refractivity contribution < 1.29 is 14.3 Å². The Bertz CT molecular complexity index is 715. The first-order valence-corrected chi connectivity index (χ1v) is 9.16. The van der Waals surface area contributed by atoms with E-state index in [1.807, 2.05) is 28.5 Å². The van der Waals surface area contributed by atoms with Crippen LogP contribution in [0.4, 0.5) is 4.79 Å². The van der Waals surface area contributed by atoms with Crippen LogP contribution in [0.15, 0.2) is 30.9 Å². The number of nitrogens with zero attached hydrogens (tertiary/aromatic N) is 5. The van der Waals surface area contributed by atoms with Crippen LogP contribution in [-0.2, 0) is 11.3 Å².